The lowest BCUT2D eigenvalue weighted by Crippen LogP contribution is -2.31. The highest BCUT2D eigenvalue weighted by Gasteiger charge is 2.38. The SMILES string of the molecule is CCN1C(=O)O[C@H](c2cc(F)cc(F)c2)[C@@H]1C. The second-order valence-corrected chi connectivity index (χ2v) is 4.03. The van der Waals surface area contributed by atoms with Crippen LogP contribution in [0.1, 0.15) is 25.5 Å². The monoisotopic (exact) mass is 241 g/mol. The summed E-state index contributed by atoms with van der Waals surface area (Å²) in [5, 5.41) is 0. The maximum atomic E-state index is 13.1. The average Bonchev–Trinajstić information content (AvgIpc) is 2.52. The molecular formula is C12H13F2NO2. The third-order valence-corrected chi connectivity index (χ3v) is 2.95. The molecule has 1 fully saturated rings. The number of carbonyl (C=O) groups is 1. The Labute approximate surface area is 98.0 Å². The van der Waals surface area contributed by atoms with Gasteiger partial charge in [-0.1, -0.05) is 0 Å². The number of hydrogen-bond acceptors (Lipinski definition) is 2. The first-order chi connectivity index (χ1) is 8.02. The van der Waals surface area contributed by atoms with Crippen molar-refractivity contribution >= 4 is 6.09 Å². The van der Waals surface area contributed by atoms with Gasteiger partial charge in [0.25, 0.3) is 0 Å². The Morgan fingerprint density at radius 2 is 1.88 bits per heavy atom. The zero-order valence-corrected chi connectivity index (χ0v) is 9.61. The Bertz CT molecular complexity index is 430. The van der Waals surface area contributed by atoms with Gasteiger partial charge in [-0.2, -0.15) is 0 Å². The van der Waals surface area contributed by atoms with Crippen LogP contribution in [0.15, 0.2) is 18.2 Å². The second kappa shape index (κ2) is 4.31. The highest BCUT2D eigenvalue weighted by atomic mass is 19.1. The fourth-order valence-electron chi connectivity index (χ4n) is 2.11. The minimum Gasteiger partial charge on any atom is -0.439 e. The first-order valence-corrected chi connectivity index (χ1v) is 5.46. The van der Waals surface area contributed by atoms with Gasteiger partial charge < -0.3 is 9.64 Å². The molecule has 0 N–H and O–H groups in total. The molecule has 0 aromatic heterocycles. The van der Waals surface area contributed by atoms with Gasteiger partial charge in [0.1, 0.15) is 17.7 Å². The van der Waals surface area contributed by atoms with Crippen molar-refractivity contribution in [2.75, 3.05) is 6.54 Å². The molecule has 5 heteroatoms. The van der Waals surface area contributed by atoms with E-state index in [9.17, 15) is 13.6 Å². The largest absolute Gasteiger partial charge is 0.439 e. The molecule has 0 spiro atoms. The average molecular weight is 241 g/mol. The molecule has 0 bridgehead atoms. The fraction of sp³-hybridized carbons (Fsp3) is 0.417. The summed E-state index contributed by atoms with van der Waals surface area (Å²) in [5.74, 6) is -1.34. The van der Waals surface area contributed by atoms with Crippen LogP contribution in [-0.2, 0) is 4.74 Å². The van der Waals surface area contributed by atoms with Crippen LogP contribution in [0.3, 0.4) is 0 Å². The minimum absolute atomic E-state index is 0.228. The lowest BCUT2D eigenvalue weighted by Gasteiger charge is -2.19. The van der Waals surface area contributed by atoms with Crippen LogP contribution in [0, 0.1) is 11.6 Å². The van der Waals surface area contributed by atoms with Crippen molar-refractivity contribution < 1.29 is 18.3 Å². The van der Waals surface area contributed by atoms with Crippen LogP contribution >= 0.6 is 0 Å². The predicted octanol–water partition coefficient (Wildman–Crippen LogP) is 2.87. The van der Waals surface area contributed by atoms with Gasteiger partial charge in [0, 0.05) is 18.2 Å². The number of likely N-dealkylation sites (N-methyl/N-ethyl adjacent to an activating group) is 1. The molecule has 1 saturated heterocycles. The number of cyclic esters (lactones) is 1. The van der Waals surface area contributed by atoms with Crippen molar-refractivity contribution in [3.8, 4) is 0 Å². The fourth-order valence-corrected chi connectivity index (χ4v) is 2.11. The molecule has 1 amide bonds. The summed E-state index contributed by atoms with van der Waals surface area (Å²) in [6.45, 7) is 4.13. The van der Waals surface area contributed by atoms with Crippen LogP contribution in [0.4, 0.5) is 13.6 Å². The van der Waals surface area contributed by atoms with E-state index in [1.807, 2.05) is 6.92 Å². The van der Waals surface area contributed by atoms with Gasteiger partial charge in [-0.15, -0.1) is 0 Å². The van der Waals surface area contributed by atoms with E-state index in [-0.39, 0.29) is 6.04 Å². The highest BCUT2D eigenvalue weighted by Crippen LogP contribution is 2.32. The summed E-state index contributed by atoms with van der Waals surface area (Å²) >= 11 is 0. The molecule has 0 radical (unpaired) electrons. The molecule has 2 rings (SSSR count). The quantitative estimate of drug-likeness (QED) is 0.796. The molecule has 1 aromatic carbocycles. The maximum Gasteiger partial charge on any atom is 0.410 e. The number of halogens is 2. The van der Waals surface area contributed by atoms with Crippen molar-refractivity contribution in [1.82, 2.24) is 4.90 Å². The summed E-state index contributed by atoms with van der Waals surface area (Å²) < 4.78 is 31.3. The molecule has 1 aliphatic heterocycles. The summed E-state index contributed by atoms with van der Waals surface area (Å²) in [6.07, 6.45) is -1.07. The normalized spacial score (nSPS) is 24.0. The molecule has 2 atom stereocenters. The van der Waals surface area contributed by atoms with E-state index in [1.165, 1.54) is 17.0 Å². The van der Waals surface area contributed by atoms with Gasteiger partial charge in [0.05, 0.1) is 6.04 Å². The van der Waals surface area contributed by atoms with Gasteiger partial charge >= 0.3 is 6.09 Å². The number of rotatable bonds is 2. The van der Waals surface area contributed by atoms with E-state index in [0.29, 0.717) is 12.1 Å². The number of benzene rings is 1. The Hall–Kier alpha value is -1.65. The molecule has 1 aliphatic rings. The molecular weight excluding hydrogens is 228 g/mol. The van der Waals surface area contributed by atoms with E-state index in [0.717, 1.165) is 6.07 Å². The minimum atomic E-state index is -0.668. The van der Waals surface area contributed by atoms with E-state index < -0.39 is 23.8 Å². The molecule has 1 aromatic rings. The summed E-state index contributed by atoms with van der Waals surface area (Å²) in [7, 11) is 0. The maximum absolute atomic E-state index is 13.1. The first-order valence-electron chi connectivity index (χ1n) is 5.46. The molecule has 17 heavy (non-hydrogen) atoms. The smallest absolute Gasteiger partial charge is 0.410 e. The van der Waals surface area contributed by atoms with Crippen LogP contribution in [0.25, 0.3) is 0 Å². The molecule has 92 valence electrons. The van der Waals surface area contributed by atoms with Crippen molar-refractivity contribution in [3.63, 3.8) is 0 Å². The zero-order valence-electron chi connectivity index (χ0n) is 9.61. The van der Waals surface area contributed by atoms with E-state index in [4.69, 9.17) is 4.74 Å². The molecule has 0 aliphatic carbocycles. The lowest BCUT2D eigenvalue weighted by atomic mass is 10.0. The summed E-state index contributed by atoms with van der Waals surface area (Å²) in [4.78, 5) is 13.0. The van der Waals surface area contributed by atoms with Crippen LogP contribution in [0.2, 0.25) is 0 Å². The van der Waals surface area contributed by atoms with Gasteiger partial charge in [0.15, 0.2) is 0 Å². The number of hydrogen-bond donors (Lipinski definition) is 0. The Morgan fingerprint density at radius 3 is 2.35 bits per heavy atom. The number of ether oxygens (including phenoxy) is 1. The predicted molar refractivity (Wildman–Crippen MR) is 57.4 cm³/mol. The topological polar surface area (TPSA) is 29.5 Å². The van der Waals surface area contributed by atoms with Gasteiger partial charge in [0.2, 0.25) is 0 Å². The number of nitrogens with zero attached hydrogens (tertiary/aromatic N) is 1. The molecule has 0 unspecified atom stereocenters. The van der Waals surface area contributed by atoms with E-state index >= 15 is 0 Å². The van der Waals surface area contributed by atoms with Crippen molar-refractivity contribution in [3.05, 3.63) is 35.4 Å². The van der Waals surface area contributed by atoms with E-state index in [1.54, 1.807) is 6.92 Å². The van der Waals surface area contributed by atoms with Gasteiger partial charge in [-0.3, -0.25) is 0 Å². The number of carbonyl (C=O) groups excluding carboxylic acids is 1. The first kappa shape index (κ1) is 11.8. The van der Waals surface area contributed by atoms with E-state index in [2.05, 4.69) is 0 Å². The van der Waals surface area contributed by atoms with Gasteiger partial charge in [-0.05, 0) is 26.0 Å². The third-order valence-electron chi connectivity index (χ3n) is 2.95. The van der Waals surface area contributed by atoms with Crippen molar-refractivity contribution in [1.29, 1.82) is 0 Å². The van der Waals surface area contributed by atoms with Crippen molar-refractivity contribution in [2.24, 2.45) is 0 Å². The van der Waals surface area contributed by atoms with Crippen molar-refractivity contribution in [2.45, 2.75) is 26.0 Å². The molecule has 1 heterocycles. The van der Waals surface area contributed by atoms with Gasteiger partial charge in [-0.25, -0.2) is 13.6 Å². The lowest BCUT2D eigenvalue weighted by molar-refractivity contribution is 0.130. The van der Waals surface area contributed by atoms with Crippen LogP contribution < -0.4 is 0 Å². The van der Waals surface area contributed by atoms with Crippen LogP contribution in [0.5, 0.6) is 0 Å². The van der Waals surface area contributed by atoms with Crippen LogP contribution in [-0.4, -0.2) is 23.6 Å². The standard InChI is InChI=1S/C12H13F2NO2/c1-3-15-7(2)11(17-12(15)16)8-4-9(13)6-10(14)5-8/h4-7,11H,3H2,1-2H3/t7-,11-/m0/s1. The Balaban J connectivity index is 2.32. The summed E-state index contributed by atoms with van der Waals surface area (Å²) in [6, 6.07) is 2.95. The zero-order chi connectivity index (χ0) is 12.6. The molecule has 0 saturated carbocycles. The Morgan fingerprint density at radius 1 is 1.29 bits per heavy atom. The molecule has 3 nitrogen and oxygen atoms in total. The number of amides is 1. The highest BCUT2D eigenvalue weighted by molar-refractivity contribution is 5.71. The second-order valence-electron chi connectivity index (χ2n) is 4.03. The third kappa shape index (κ3) is 2.09. The Kier molecular flexibility index (Phi) is 3.00. The summed E-state index contributed by atoms with van der Waals surface area (Å²) in [5.41, 5.74) is 0.347.